The summed E-state index contributed by atoms with van der Waals surface area (Å²) in [5, 5.41) is 9.26. The summed E-state index contributed by atoms with van der Waals surface area (Å²) < 4.78 is 0.308. The zero-order valence-corrected chi connectivity index (χ0v) is 20.1. The summed E-state index contributed by atoms with van der Waals surface area (Å²) in [6.45, 7) is 3.22. The van der Waals surface area contributed by atoms with Crippen molar-refractivity contribution in [2.45, 2.75) is 110 Å². The van der Waals surface area contributed by atoms with Crippen LogP contribution in [0.5, 0.6) is 0 Å². The molecule has 0 radical (unpaired) electrons. The Morgan fingerprint density at radius 2 is 1.45 bits per heavy atom. The fourth-order valence-electron chi connectivity index (χ4n) is 4.47. The lowest BCUT2D eigenvalue weighted by atomic mass is 10.0. The Morgan fingerprint density at radius 1 is 0.935 bits per heavy atom. The molecular formula is C26H48N3O2+. The molecule has 0 fully saturated rings. The van der Waals surface area contributed by atoms with Gasteiger partial charge in [0.1, 0.15) is 12.7 Å². The maximum Gasteiger partial charge on any atom is 0.360 e. The lowest BCUT2D eigenvalue weighted by molar-refractivity contribution is -0.778. The van der Waals surface area contributed by atoms with Crippen molar-refractivity contribution in [1.82, 2.24) is 0 Å². The van der Waals surface area contributed by atoms with Crippen LogP contribution in [0.2, 0.25) is 0 Å². The van der Waals surface area contributed by atoms with Gasteiger partial charge in [0, 0.05) is 13.0 Å². The lowest BCUT2D eigenvalue weighted by Gasteiger charge is -2.30. The maximum absolute atomic E-state index is 11.3. The Morgan fingerprint density at radius 3 is 1.94 bits per heavy atom. The molecule has 31 heavy (non-hydrogen) atoms. The summed E-state index contributed by atoms with van der Waals surface area (Å²) in [5.74, 6) is 0.165. The van der Waals surface area contributed by atoms with E-state index >= 15 is 0 Å². The molecule has 0 bridgehead atoms. The zero-order valence-electron chi connectivity index (χ0n) is 20.1. The van der Waals surface area contributed by atoms with E-state index in [9.17, 15) is 9.90 Å². The first-order valence-corrected chi connectivity index (χ1v) is 12.8. The van der Waals surface area contributed by atoms with E-state index < -0.39 is 5.97 Å². The fourth-order valence-corrected chi connectivity index (χ4v) is 4.47. The summed E-state index contributed by atoms with van der Waals surface area (Å²) in [5.41, 5.74) is 5.73. The van der Waals surface area contributed by atoms with Crippen LogP contribution in [0.1, 0.15) is 110 Å². The van der Waals surface area contributed by atoms with Gasteiger partial charge in [-0.3, -0.25) is 0 Å². The minimum Gasteiger partial charge on any atom is -0.477 e. The van der Waals surface area contributed by atoms with E-state index in [1.165, 1.54) is 89.9 Å². The van der Waals surface area contributed by atoms with Crippen LogP contribution >= 0.6 is 0 Å². The molecule has 1 atom stereocenters. The van der Waals surface area contributed by atoms with Gasteiger partial charge in [-0.1, -0.05) is 89.2 Å². The molecule has 1 aliphatic heterocycles. The van der Waals surface area contributed by atoms with Crippen molar-refractivity contribution in [1.29, 1.82) is 0 Å². The van der Waals surface area contributed by atoms with E-state index in [2.05, 4.69) is 24.1 Å². The highest BCUT2D eigenvalue weighted by Gasteiger charge is 2.36. The molecular weight excluding hydrogens is 386 g/mol. The molecule has 1 rings (SSSR count). The van der Waals surface area contributed by atoms with Crippen molar-refractivity contribution in [3.8, 4) is 0 Å². The normalized spacial score (nSPS) is 18.2. The van der Waals surface area contributed by atoms with Gasteiger partial charge >= 0.3 is 5.97 Å². The van der Waals surface area contributed by atoms with Crippen molar-refractivity contribution in [3.05, 3.63) is 24.6 Å². The number of unbranched alkanes of at least 4 members (excludes halogenated alkanes) is 14. The number of carbonyl (C=O) groups is 1. The van der Waals surface area contributed by atoms with Gasteiger partial charge in [0.15, 0.2) is 6.54 Å². The van der Waals surface area contributed by atoms with Gasteiger partial charge in [0.2, 0.25) is 5.84 Å². The number of nitrogens with two attached hydrogens (primary N) is 1. The number of hydrogen-bond donors (Lipinski definition) is 2. The summed E-state index contributed by atoms with van der Waals surface area (Å²) >= 11 is 0. The van der Waals surface area contributed by atoms with Gasteiger partial charge in [-0.05, 0) is 26.2 Å². The largest absolute Gasteiger partial charge is 0.477 e. The topological polar surface area (TPSA) is 75.7 Å². The molecule has 0 aliphatic carbocycles. The minimum absolute atomic E-state index is 0.0447. The van der Waals surface area contributed by atoms with E-state index in [0.29, 0.717) is 17.6 Å². The molecule has 5 heteroatoms. The molecule has 0 aromatic rings. The van der Waals surface area contributed by atoms with E-state index in [0.717, 1.165) is 18.7 Å². The van der Waals surface area contributed by atoms with Gasteiger partial charge in [0.25, 0.3) is 0 Å². The monoisotopic (exact) mass is 434 g/mol. The van der Waals surface area contributed by atoms with Crippen molar-refractivity contribution < 1.29 is 14.4 Å². The average molecular weight is 435 g/mol. The SMILES string of the molecule is C/C=C/CCCCCCCCCCCCCCCCC1=NC=C[N+]1(CCN)CC(=O)O. The van der Waals surface area contributed by atoms with Crippen LogP contribution in [0.25, 0.3) is 0 Å². The van der Waals surface area contributed by atoms with Gasteiger partial charge < -0.3 is 10.8 Å². The maximum atomic E-state index is 11.3. The molecule has 0 saturated heterocycles. The number of aliphatic imine (C=N–C) groups is 1. The van der Waals surface area contributed by atoms with Gasteiger partial charge in [0.05, 0.1) is 6.20 Å². The van der Waals surface area contributed by atoms with E-state index in [1.807, 2.05) is 6.20 Å². The number of rotatable bonds is 21. The fraction of sp³-hybridized carbons (Fsp3) is 0.769. The van der Waals surface area contributed by atoms with Crippen LogP contribution in [-0.2, 0) is 4.79 Å². The van der Waals surface area contributed by atoms with Crippen LogP contribution in [-0.4, -0.2) is 41.0 Å². The second-order valence-corrected chi connectivity index (χ2v) is 9.00. The summed E-state index contributed by atoms with van der Waals surface area (Å²) in [7, 11) is 0. The molecule has 3 N–H and O–H groups in total. The first-order chi connectivity index (χ1) is 15.1. The first-order valence-electron chi connectivity index (χ1n) is 12.8. The van der Waals surface area contributed by atoms with Crippen molar-refractivity contribution in [3.63, 3.8) is 0 Å². The van der Waals surface area contributed by atoms with Gasteiger partial charge in [-0.15, -0.1) is 0 Å². The number of nitrogens with zero attached hydrogens (tertiary/aromatic N) is 2. The van der Waals surface area contributed by atoms with Crippen molar-refractivity contribution in [2.24, 2.45) is 10.7 Å². The van der Waals surface area contributed by atoms with E-state index in [-0.39, 0.29) is 6.54 Å². The lowest BCUT2D eigenvalue weighted by Crippen LogP contribution is -2.52. The van der Waals surface area contributed by atoms with Crippen LogP contribution in [0.4, 0.5) is 0 Å². The molecule has 0 spiro atoms. The van der Waals surface area contributed by atoms with Crippen molar-refractivity contribution >= 4 is 11.8 Å². The number of carboxylic acid groups (broad SMARTS) is 1. The molecule has 5 nitrogen and oxygen atoms in total. The van der Waals surface area contributed by atoms with Gasteiger partial charge in [-0.2, -0.15) is 0 Å². The predicted octanol–water partition coefficient (Wildman–Crippen LogP) is 6.55. The third-order valence-electron chi connectivity index (χ3n) is 6.29. The number of amidine groups is 1. The Labute approximate surface area is 191 Å². The molecule has 0 saturated carbocycles. The van der Waals surface area contributed by atoms with Gasteiger partial charge in [-0.25, -0.2) is 14.3 Å². The zero-order chi connectivity index (χ0) is 22.6. The van der Waals surface area contributed by atoms with Crippen LogP contribution in [0.3, 0.4) is 0 Å². The highest BCUT2D eigenvalue weighted by Crippen LogP contribution is 2.21. The van der Waals surface area contributed by atoms with Crippen LogP contribution in [0.15, 0.2) is 29.5 Å². The molecule has 1 heterocycles. The average Bonchev–Trinajstić information content (AvgIpc) is 3.11. The molecule has 178 valence electrons. The third kappa shape index (κ3) is 12.9. The number of allylic oxidation sites excluding steroid dienone is 2. The Hall–Kier alpha value is -1.46. The standard InChI is InChI=1S/C26H47N3O2/c1-2-3-4-5-6-7-8-9-10-11-12-13-14-15-16-17-18-19-25-28-21-23-29(25,22-20-27)24-26(30)31/h2-3,21,23H,4-20,22,24,27H2,1H3/p+1/b3-2+. The summed E-state index contributed by atoms with van der Waals surface area (Å²) in [6, 6.07) is 0. The summed E-state index contributed by atoms with van der Waals surface area (Å²) in [4.78, 5) is 15.7. The van der Waals surface area contributed by atoms with E-state index in [4.69, 9.17) is 5.73 Å². The smallest absolute Gasteiger partial charge is 0.360 e. The molecule has 1 aliphatic rings. The quantitative estimate of drug-likeness (QED) is 0.122. The number of quaternary nitrogens is 1. The van der Waals surface area contributed by atoms with Crippen LogP contribution in [0, 0.1) is 0 Å². The Bertz CT molecular complexity index is 557. The molecule has 0 aromatic heterocycles. The highest BCUT2D eigenvalue weighted by atomic mass is 16.4. The summed E-state index contributed by atoms with van der Waals surface area (Å²) in [6.07, 6.45) is 28.9. The van der Waals surface area contributed by atoms with Crippen molar-refractivity contribution in [2.75, 3.05) is 19.6 Å². The Kier molecular flexibility index (Phi) is 16.1. The predicted molar refractivity (Wildman–Crippen MR) is 132 cm³/mol. The molecule has 0 aromatic carbocycles. The number of aliphatic carboxylic acids is 1. The second-order valence-electron chi connectivity index (χ2n) is 9.00. The highest BCUT2D eigenvalue weighted by molar-refractivity contribution is 5.81. The van der Waals surface area contributed by atoms with E-state index in [1.54, 1.807) is 6.20 Å². The molecule has 0 amide bonds. The number of hydrogen-bond acceptors (Lipinski definition) is 3. The second kappa shape index (κ2) is 18.1. The van der Waals surface area contributed by atoms with Crippen LogP contribution < -0.4 is 5.73 Å². The number of carboxylic acids is 1. The Balaban J connectivity index is 1.94. The molecule has 1 unspecified atom stereocenters. The third-order valence-corrected chi connectivity index (χ3v) is 6.29. The minimum atomic E-state index is -0.798. The first kappa shape index (κ1) is 27.6.